The molecule has 0 spiro atoms. The number of hydrogen-bond donors (Lipinski definition) is 2. The van der Waals surface area contributed by atoms with Crippen molar-refractivity contribution in [3.8, 4) is 0 Å². The minimum absolute atomic E-state index is 0.572. The molecule has 0 aromatic heterocycles. The van der Waals surface area contributed by atoms with Crippen LogP contribution in [-0.2, 0) is 4.74 Å². The van der Waals surface area contributed by atoms with Crippen LogP contribution in [0.15, 0.2) is 23.4 Å². The van der Waals surface area contributed by atoms with Crippen LogP contribution < -0.4 is 5.32 Å². The van der Waals surface area contributed by atoms with Gasteiger partial charge in [0.1, 0.15) is 0 Å². The number of ether oxygens (including phenoxy) is 1. The first kappa shape index (κ1) is 15.4. The van der Waals surface area contributed by atoms with Crippen molar-refractivity contribution >= 4 is 11.4 Å². The van der Waals surface area contributed by atoms with Crippen LogP contribution in [0.1, 0.15) is 18.1 Å². The van der Waals surface area contributed by atoms with Crippen LogP contribution >= 0.6 is 0 Å². The van der Waals surface area contributed by atoms with E-state index in [1.807, 2.05) is 6.07 Å². The lowest BCUT2D eigenvalue weighted by molar-refractivity contribution is 0.277. The van der Waals surface area contributed by atoms with E-state index in [1.54, 1.807) is 21.1 Å². The summed E-state index contributed by atoms with van der Waals surface area (Å²) in [6.07, 6.45) is 0. The third-order valence-corrected chi connectivity index (χ3v) is 2.17. The third kappa shape index (κ3) is 5.92. The highest BCUT2D eigenvalue weighted by molar-refractivity contribution is 5.85. The molecule has 4 nitrogen and oxygen atoms in total. The predicted molar refractivity (Wildman–Crippen MR) is 72.2 cm³/mol. The maximum Gasteiger partial charge on any atom is 0.0730 e. The largest absolute Gasteiger partial charge is 0.411 e. The van der Waals surface area contributed by atoms with Gasteiger partial charge in [-0.3, -0.25) is 0 Å². The Morgan fingerprint density at radius 1 is 1.29 bits per heavy atom. The molecule has 0 amide bonds. The lowest BCUT2D eigenvalue weighted by atomic mass is 10.1. The molecule has 2 N–H and O–H groups in total. The summed E-state index contributed by atoms with van der Waals surface area (Å²) in [5, 5.41) is 14.9. The topological polar surface area (TPSA) is 53.9 Å². The molecule has 0 heterocycles. The van der Waals surface area contributed by atoms with Crippen LogP contribution in [0.2, 0.25) is 0 Å². The molecule has 1 rings (SSSR count). The van der Waals surface area contributed by atoms with Crippen molar-refractivity contribution in [3.05, 3.63) is 29.3 Å². The first-order valence-electron chi connectivity index (χ1n) is 5.44. The molecule has 0 atom stereocenters. The number of nitrogens with one attached hydrogen (secondary N) is 1. The Bertz CT molecular complexity index is 342. The second-order valence-electron chi connectivity index (χ2n) is 3.86. The summed E-state index contributed by atoms with van der Waals surface area (Å²) < 4.78 is 4.25. The number of aryl methyl sites for hydroxylation is 2. The molecule has 96 valence electrons. The molecule has 0 unspecified atom stereocenters. The average Bonchev–Trinajstić information content (AvgIpc) is 2.29. The first-order valence-corrected chi connectivity index (χ1v) is 5.44. The Kier molecular flexibility index (Phi) is 7.80. The van der Waals surface area contributed by atoms with Gasteiger partial charge in [0.25, 0.3) is 0 Å². The normalized spacial score (nSPS) is 10.5. The summed E-state index contributed by atoms with van der Waals surface area (Å²) in [4.78, 5) is 0. The highest BCUT2D eigenvalue weighted by Crippen LogP contribution is 2.18. The predicted octanol–water partition coefficient (Wildman–Crippen LogP) is 2.83. The van der Waals surface area contributed by atoms with Crippen molar-refractivity contribution in [1.29, 1.82) is 0 Å². The van der Waals surface area contributed by atoms with Gasteiger partial charge < -0.3 is 15.3 Å². The third-order valence-electron chi connectivity index (χ3n) is 2.17. The fraction of sp³-hybridized carbons (Fsp3) is 0.462. The van der Waals surface area contributed by atoms with Crippen LogP contribution in [0, 0.1) is 13.8 Å². The summed E-state index contributed by atoms with van der Waals surface area (Å²) in [6, 6.07) is 6.14. The number of hydrogen-bond acceptors (Lipinski definition) is 4. The maximum atomic E-state index is 8.50. The number of rotatable bonds is 3. The van der Waals surface area contributed by atoms with E-state index in [9.17, 15) is 0 Å². The molecule has 0 saturated carbocycles. The van der Waals surface area contributed by atoms with E-state index in [0.717, 1.165) is 5.69 Å². The van der Waals surface area contributed by atoms with Crippen molar-refractivity contribution in [2.45, 2.75) is 20.8 Å². The number of oxime groups is 1. The van der Waals surface area contributed by atoms with Gasteiger partial charge in [0.2, 0.25) is 0 Å². The first-order chi connectivity index (χ1) is 8.06. The molecule has 4 heteroatoms. The van der Waals surface area contributed by atoms with E-state index in [0.29, 0.717) is 12.3 Å². The van der Waals surface area contributed by atoms with Gasteiger partial charge in [-0.05, 0) is 31.9 Å². The van der Waals surface area contributed by atoms with Gasteiger partial charge in [-0.1, -0.05) is 23.4 Å². The summed E-state index contributed by atoms with van der Waals surface area (Å²) in [5.41, 5.74) is 4.20. The zero-order valence-electron chi connectivity index (χ0n) is 11.2. The monoisotopic (exact) mass is 238 g/mol. The molecule has 0 aliphatic carbocycles. The highest BCUT2D eigenvalue weighted by Gasteiger charge is 2.01. The molecule has 1 aromatic carbocycles. The molecule has 1 aromatic rings. The Labute approximate surface area is 103 Å². The Morgan fingerprint density at radius 3 is 2.18 bits per heavy atom. The van der Waals surface area contributed by atoms with Gasteiger partial charge in [0, 0.05) is 19.9 Å². The molecule has 0 aliphatic heterocycles. The second kappa shape index (κ2) is 8.58. The van der Waals surface area contributed by atoms with Crippen molar-refractivity contribution in [3.63, 3.8) is 0 Å². The average molecular weight is 238 g/mol. The quantitative estimate of drug-likeness (QED) is 0.483. The van der Waals surface area contributed by atoms with Crippen LogP contribution in [0.4, 0.5) is 5.69 Å². The SMILES string of the molecule is CC(CNc1c(C)cccc1C)=NO.COC. The highest BCUT2D eigenvalue weighted by atomic mass is 16.4. The maximum absolute atomic E-state index is 8.50. The zero-order chi connectivity index (χ0) is 13.3. The fourth-order valence-electron chi connectivity index (χ4n) is 1.34. The Balaban J connectivity index is 0.000000770. The molecule has 0 saturated heterocycles. The van der Waals surface area contributed by atoms with Gasteiger partial charge >= 0.3 is 0 Å². The van der Waals surface area contributed by atoms with Crippen LogP contribution in [0.3, 0.4) is 0 Å². The summed E-state index contributed by atoms with van der Waals surface area (Å²) in [6.45, 7) is 6.46. The van der Waals surface area contributed by atoms with Crippen molar-refractivity contribution in [2.75, 3.05) is 26.1 Å². The minimum atomic E-state index is 0.572. The molecule has 0 fully saturated rings. The van der Waals surface area contributed by atoms with Gasteiger partial charge in [-0.25, -0.2) is 0 Å². The van der Waals surface area contributed by atoms with Crippen molar-refractivity contribution in [1.82, 2.24) is 0 Å². The summed E-state index contributed by atoms with van der Waals surface area (Å²) in [5.74, 6) is 0. The second-order valence-corrected chi connectivity index (χ2v) is 3.86. The molecular formula is C13H22N2O2. The van der Waals surface area contributed by atoms with Gasteiger partial charge in [0.05, 0.1) is 12.3 Å². The number of nitrogens with zero attached hydrogens (tertiary/aromatic N) is 1. The molecular weight excluding hydrogens is 216 g/mol. The fourth-order valence-corrected chi connectivity index (χ4v) is 1.34. The summed E-state index contributed by atoms with van der Waals surface area (Å²) in [7, 11) is 3.25. The molecule has 0 bridgehead atoms. The van der Waals surface area contributed by atoms with E-state index in [-0.39, 0.29) is 0 Å². The smallest absolute Gasteiger partial charge is 0.0730 e. The van der Waals surface area contributed by atoms with E-state index in [2.05, 4.69) is 41.2 Å². The number of anilines is 1. The lowest BCUT2D eigenvalue weighted by Gasteiger charge is -2.11. The van der Waals surface area contributed by atoms with Crippen molar-refractivity contribution < 1.29 is 9.94 Å². The number of para-hydroxylation sites is 1. The van der Waals surface area contributed by atoms with Crippen LogP contribution in [-0.4, -0.2) is 31.7 Å². The lowest BCUT2D eigenvalue weighted by Crippen LogP contribution is -2.12. The number of methoxy groups -OCH3 is 1. The number of benzene rings is 1. The molecule has 0 aliphatic rings. The van der Waals surface area contributed by atoms with E-state index >= 15 is 0 Å². The van der Waals surface area contributed by atoms with Crippen molar-refractivity contribution in [2.24, 2.45) is 5.16 Å². The van der Waals surface area contributed by atoms with E-state index in [1.165, 1.54) is 11.1 Å². The van der Waals surface area contributed by atoms with Crippen LogP contribution in [0.25, 0.3) is 0 Å². The summed E-state index contributed by atoms with van der Waals surface area (Å²) >= 11 is 0. The zero-order valence-corrected chi connectivity index (χ0v) is 11.2. The Hall–Kier alpha value is -1.55. The van der Waals surface area contributed by atoms with E-state index < -0.39 is 0 Å². The molecule has 17 heavy (non-hydrogen) atoms. The minimum Gasteiger partial charge on any atom is -0.411 e. The standard InChI is InChI=1S/C11H16N2O.C2H6O/c1-8-5-4-6-9(2)11(8)12-7-10(3)13-14;1-3-2/h4-6,12,14H,7H2,1-3H3;1-2H3. The van der Waals surface area contributed by atoms with Crippen LogP contribution in [0.5, 0.6) is 0 Å². The van der Waals surface area contributed by atoms with Gasteiger partial charge in [-0.2, -0.15) is 0 Å². The van der Waals surface area contributed by atoms with Gasteiger partial charge in [0.15, 0.2) is 0 Å². The van der Waals surface area contributed by atoms with E-state index in [4.69, 9.17) is 5.21 Å². The Morgan fingerprint density at radius 2 is 1.76 bits per heavy atom. The van der Waals surface area contributed by atoms with Gasteiger partial charge in [-0.15, -0.1) is 0 Å². The molecule has 0 radical (unpaired) electrons.